The van der Waals surface area contributed by atoms with E-state index in [-0.39, 0.29) is 0 Å². The molecular formula is C16H28. The summed E-state index contributed by atoms with van der Waals surface area (Å²) in [6, 6.07) is 0. The first kappa shape index (κ1) is 15.2. The van der Waals surface area contributed by atoms with Crippen LogP contribution < -0.4 is 0 Å². The normalized spacial score (nSPS) is 14.4. The second kappa shape index (κ2) is 9.45. The Bertz CT molecular complexity index is 264. The second-order valence-electron chi connectivity index (χ2n) is 4.67. The Morgan fingerprint density at radius 2 is 1.31 bits per heavy atom. The molecule has 0 saturated heterocycles. The Labute approximate surface area is 102 Å². The summed E-state index contributed by atoms with van der Waals surface area (Å²) in [6.45, 7) is 11.0. The van der Waals surface area contributed by atoms with Gasteiger partial charge >= 0.3 is 0 Å². The van der Waals surface area contributed by atoms with E-state index in [1.165, 1.54) is 48.8 Å². The van der Waals surface area contributed by atoms with Crippen molar-refractivity contribution in [2.45, 2.75) is 66.7 Å². The molecule has 16 heavy (non-hydrogen) atoms. The molecule has 0 fully saturated rings. The molecule has 0 aliphatic heterocycles. The molecule has 0 heterocycles. The lowest BCUT2D eigenvalue weighted by atomic mass is 10.1. The first-order valence-corrected chi connectivity index (χ1v) is 6.53. The van der Waals surface area contributed by atoms with Crippen molar-refractivity contribution in [2.75, 3.05) is 0 Å². The summed E-state index contributed by atoms with van der Waals surface area (Å²) in [7, 11) is 0. The lowest BCUT2D eigenvalue weighted by molar-refractivity contribution is 0.911. The van der Waals surface area contributed by atoms with E-state index in [1.807, 2.05) is 0 Å². The highest BCUT2D eigenvalue weighted by molar-refractivity contribution is 5.05. The van der Waals surface area contributed by atoms with Crippen molar-refractivity contribution in [1.29, 1.82) is 0 Å². The zero-order chi connectivity index (χ0) is 12.4. The molecule has 0 nitrogen and oxygen atoms in total. The van der Waals surface area contributed by atoms with Gasteiger partial charge in [-0.15, -0.1) is 0 Å². The third-order valence-electron chi connectivity index (χ3n) is 3.11. The number of hydrogen-bond donors (Lipinski definition) is 0. The Morgan fingerprint density at radius 1 is 0.812 bits per heavy atom. The summed E-state index contributed by atoms with van der Waals surface area (Å²) >= 11 is 0. The molecular weight excluding hydrogens is 192 g/mol. The van der Waals surface area contributed by atoms with E-state index in [2.05, 4.69) is 52.8 Å². The summed E-state index contributed by atoms with van der Waals surface area (Å²) < 4.78 is 0. The van der Waals surface area contributed by atoms with Gasteiger partial charge in [-0.2, -0.15) is 0 Å². The number of rotatable bonds is 7. The average Bonchev–Trinajstić information content (AvgIpc) is 2.28. The van der Waals surface area contributed by atoms with Gasteiger partial charge in [0.05, 0.1) is 0 Å². The standard InChI is InChI=1S/C16H28/c1-6-14(3)10-8-12-16(5)13-9-11-15(4)7-2/h6,11-12H,7-10,13H2,1-5H3/b14-6+,15-11+,16-12+. The fraction of sp³-hybridized carbons (Fsp3) is 0.625. The van der Waals surface area contributed by atoms with Crippen molar-refractivity contribution in [3.05, 3.63) is 34.9 Å². The minimum absolute atomic E-state index is 1.18. The van der Waals surface area contributed by atoms with Crippen molar-refractivity contribution >= 4 is 0 Å². The monoisotopic (exact) mass is 220 g/mol. The Morgan fingerprint density at radius 3 is 1.81 bits per heavy atom. The van der Waals surface area contributed by atoms with Crippen LogP contribution in [0.1, 0.15) is 66.7 Å². The van der Waals surface area contributed by atoms with E-state index in [0.29, 0.717) is 0 Å². The topological polar surface area (TPSA) is 0 Å². The average molecular weight is 220 g/mol. The second-order valence-corrected chi connectivity index (χ2v) is 4.67. The predicted octanol–water partition coefficient (Wildman–Crippen LogP) is 5.82. The van der Waals surface area contributed by atoms with Crippen LogP contribution in [0.4, 0.5) is 0 Å². The van der Waals surface area contributed by atoms with Gasteiger partial charge in [-0.3, -0.25) is 0 Å². The summed E-state index contributed by atoms with van der Waals surface area (Å²) in [4.78, 5) is 0. The molecule has 0 atom stereocenters. The molecule has 0 aromatic carbocycles. The molecule has 0 unspecified atom stereocenters. The maximum atomic E-state index is 2.39. The number of hydrogen-bond acceptors (Lipinski definition) is 0. The minimum atomic E-state index is 1.18. The van der Waals surface area contributed by atoms with Crippen LogP contribution in [0.3, 0.4) is 0 Å². The summed E-state index contributed by atoms with van der Waals surface area (Å²) in [5.41, 5.74) is 4.53. The van der Waals surface area contributed by atoms with Crippen LogP contribution >= 0.6 is 0 Å². The zero-order valence-corrected chi connectivity index (χ0v) is 11.8. The van der Waals surface area contributed by atoms with E-state index < -0.39 is 0 Å². The lowest BCUT2D eigenvalue weighted by Crippen LogP contribution is -1.80. The van der Waals surface area contributed by atoms with Crippen LogP contribution in [0.25, 0.3) is 0 Å². The summed E-state index contributed by atoms with van der Waals surface area (Å²) in [5.74, 6) is 0. The molecule has 0 radical (unpaired) electrons. The van der Waals surface area contributed by atoms with Crippen LogP contribution in [0.2, 0.25) is 0 Å². The maximum Gasteiger partial charge on any atom is -0.0288 e. The van der Waals surface area contributed by atoms with E-state index in [4.69, 9.17) is 0 Å². The van der Waals surface area contributed by atoms with Crippen molar-refractivity contribution in [3.8, 4) is 0 Å². The van der Waals surface area contributed by atoms with Gasteiger partial charge in [0, 0.05) is 0 Å². The first-order chi connectivity index (χ1) is 7.60. The molecule has 0 amide bonds. The Balaban J connectivity index is 3.80. The summed E-state index contributed by atoms with van der Waals surface area (Å²) in [5, 5.41) is 0. The van der Waals surface area contributed by atoms with Gasteiger partial charge in [0.1, 0.15) is 0 Å². The highest BCUT2D eigenvalue weighted by Crippen LogP contribution is 2.11. The van der Waals surface area contributed by atoms with Crippen LogP contribution in [0, 0.1) is 0 Å². The Kier molecular flexibility index (Phi) is 8.99. The van der Waals surface area contributed by atoms with Crippen LogP contribution in [-0.2, 0) is 0 Å². The molecule has 0 saturated carbocycles. The van der Waals surface area contributed by atoms with E-state index in [1.54, 1.807) is 0 Å². The van der Waals surface area contributed by atoms with Gasteiger partial charge in [0.15, 0.2) is 0 Å². The molecule has 0 aromatic heterocycles. The third kappa shape index (κ3) is 8.52. The van der Waals surface area contributed by atoms with Crippen LogP contribution in [0.5, 0.6) is 0 Å². The molecule has 0 heteroatoms. The van der Waals surface area contributed by atoms with Crippen molar-refractivity contribution in [1.82, 2.24) is 0 Å². The molecule has 0 aliphatic carbocycles. The van der Waals surface area contributed by atoms with Crippen LogP contribution in [0.15, 0.2) is 34.9 Å². The molecule has 0 N–H and O–H groups in total. The predicted molar refractivity (Wildman–Crippen MR) is 75.7 cm³/mol. The number of allylic oxidation sites excluding steroid dienone is 6. The van der Waals surface area contributed by atoms with E-state index in [0.717, 1.165) is 0 Å². The SMILES string of the molecule is C/C=C(\C)CC/C=C(\C)CC/C=C(\C)CC. The van der Waals surface area contributed by atoms with Gasteiger partial charge in [-0.25, -0.2) is 0 Å². The van der Waals surface area contributed by atoms with Gasteiger partial charge in [0.2, 0.25) is 0 Å². The van der Waals surface area contributed by atoms with Crippen molar-refractivity contribution in [3.63, 3.8) is 0 Å². The van der Waals surface area contributed by atoms with Gasteiger partial charge in [-0.1, -0.05) is 41.9 Å². The molecule has 92 valence electrons. The zero-order valence-electron chi connectivity index (χ0n) is 11.8. The third-order valence-corrected chi connectivity index (χ3v) is 3.11. The first-order valence-electron chi connectivity index (χ1n) is 6.53. The van der Waals surface area contributed by atoms with E-state index >= 15 is 0 Å². The van der Waals surface area contributed by atoms with Crippen LogP contribution in [-0.4, -0.2) is 0 Å². The minimum Gasteiger partial charge on any atom is -0.0887 e. The quantitative estimate of drug-likeness (QED) is 0.474. The molecule has 0 aliphatic rings. The fourth-order valence-electron chi connectivity index (χ4n) is 1.48. The molecule has 0 aromatic rings. The maximum absolute atomic E-state index is 2.39. The van der Waals surface area contributed by atoms with Gasteiger partial charge in [-0.05, 0) is 59.8 Å². The smallest absolute Gasteiger partial charge is 0.0288 e. The highest BCUT2D eigenvalue weighted by Gasteiger charge is 1.91. The summed E-state index contributed by atoms with van der Waals surface area (Å²) in [6.07, 6.45) is 13.0. The lowest BCUT2D eigenvalue weighted by Gasteiger charge is -2.01. The fourth-order valence-corrected chi connectivity index (χ4v) is 1.48. The molecule has 0 rings (SSSR count). The van der Waals surface area contributed by atoms with Gasteiger partial charge in [0.25, 0.3) is 0 Å². The molecule has 0 bridgehead atoms. The van der Waals surface area contributed by atoms with Crippen molar-refractivity contribution in [2.24, 2.45) is 0 Å². The highest BCUT2D eigenvalue weighted by atomic mass is 14.0. The van der Waals surface area contributed by atoms with Gasteiger partial charge < -0.3 is 0 Å². The van der Waals surface area contributed by atoms with Crippen molar-refractivity contribution < 1.29 is 0 Å². The molecule has 0 spiro atoms. The van der Waals surface area contributed by atoms with E-state index in [9.17, 15) is 0 Å². The Hall–Kier alpha value is -0.780. The largest absolute Gasteiger partial charge is 0.0887 e.